The molecule has 2 saturated carbocycles. The van der Waals surface area contributed by atoms with Gasteiger partial charge in [0.15, 0.2) is 0 Å². The van der Waals surface area contributed by atoms with Crippen molar-refractivity contribution in [2.24, 2.45) is 23.7 Å². The topological polar surface area (TPSA) is 0 Å². The molecule has 0 amide bonds. The van der Waals surface area contributed by atoms with E-state index in [1.54, 1.807) is 25.7 Å². The zero-order valence-corrected chi connectivity index (χ0v) is 7.84. The van der Waals surface area contributed by atoms with Gasteiger partial charge < -0.3 is 0 Å². The molecule has 0 unspecified atom stereocenters. The summed E-state index contributed by atoms with van der Waals surface area (Å²) in [5.41, 5.74) is 0. The van der Waals surface area contributed by atoms with Gasteiger partial charge in [0.2, 0.25) is 0 Å². The SMILES string of the molecule is CC(C)C[C@@H]1CC[C@@H]2C[C@H]2C1. The second kappa shape index (κ2) is 2.80. The van der Waals surface area contributed by atoms with Crippen LogP contribution in [-0.4, -0.2) is 0 Å². The first-order valence-corrected chi connectivity index (χ1v) is 5.25. The molecule has 0 aromatic carbocycles. The van der Waals surface area contributed by atoms with Gasteiger partial charge in [0.05, 0.1) is 0 Å². The van der Waals surface area contributed by atoms with Crippen LogP contribution < -0.4 is 0 Å². The molecular weight excluding hydrogens is 132 g/mol. The van der Waals surface area contributed by atoms with Gasteiger partial charge in [-0.3, -0.25) is 0 Å². The van der Waals surface area contributed by atoms with E-state index in [0.29, 0.717) is 0 Å². The minimum Gasteiger partial charge on any atom is -0.0628 e. The Morgan fingerprint density at radius 1 is 1.09 bits per heavy atom. The van der Waals surface area contributed by atoms with E-state index in [2.05, 4.69) is 13.8 Å². The Morgan fingerprint density at radius 3 is 2.55 bits per heavy atom. The van der Waals surface area contributed by atoms with Crippen molar-refractivity contribution in [1.82, 2.24) is 0 Å². The van der Waals surface area contributed by atoms with Crippen LogP contribution in [0.15, 0.2) is 0 Å². The van der Waals surface area contributed by atoms with Crippen LogP contribution in [0.4, 0.5) is 0 Å². The van der Waals surface area contributed by atoms with E-state index in [-0.39, 0.29) is 0 Å². The lowest BCUT2D eigenvalue weighted by atomic mass is 9.84. The Kier molecular flexibility index (Phi) is 1.95. The first kappa shape index (κ1) is 7.64. The molecule has 2 fully saturated rings. The van der Waals surface area contributed by atoms with E-state index in [4.69, 9.17) is 0 Å². The van der Waals surface area contributed by atoms with Crippen LogP contribution in [0.3, 0.4) is 0 Å². The van der Waals surface area contributed by atoms with E-state index in [0.717, 1.165) is 11.8 Å². The summed E-state index contributed by atoms with van der Waals surface area (Å²) in [5.74, 6) is 4.37. The molecular formula is C11H20. The smallest absolute Gasteiger partial charge is 0.0380 e. The Hall–Kier alpha value is 0. The molecule has 0 spiro atoms. The van der Waals surface area contributed by atoms with E-state index >= 15 is 0 Å². The maximum absolute atomic E-state index is 2.36. The van der Waals surface area contributed by atoms with Crippen LogP contribution in [0.25, 0.3) is 0 Å². The average molecular weight is 152 g/mol. The van der Waals surface area contributed by atoms with Gasteiger partial charge in [-0.05, 0) is 49.4 Å². The summed E-state index contributed by atoms with van der Waals surface area (Å²) in [6, 6.07) is 0. The zero-order valence-electron chi connectivity index (χ0n) is 7.84. The van der Waals surface area contributed by atoms with Gasteiger partial charge in [-0.25, -0.2) is 0 Å². The van der Waals surface area contributed by atoms with Gasteiger partial charge in [0.25, 0.3) is 0 Å². The third-order valence-electron chi connectivity index (χ3n) is 3.46. The lowest BCUT2D eigenvalue weighted by molar-refractivity contribution is 0.294. The standard InChI is InChI=1S/C11H20/c1-8(2)5-9-3-4-10-7-11(10)6-9/h8-11H,3-7H2,1-2H3/t9-,10+,11+/m0/s1. The van der Waals surface area contributed by atoms with E-state index in [9.17, 15) is 0 Å². The van der Waals surface area contributed by atoms with Gasteiger partial charge >= 0.3 is 0 Å². The van der Waals surface area contributed by atoms with Crippen molar-refractivity contribution in [3.63, 3.8) is 0 Å². The molecule has 0 aromatic heterocycles. The molecule has 0 heteroatoms. The van der Waals surface area contributed by atoms with Crippen molar-refractivity contribution in [1.29, 1.82) is 0 Å². The number of fused-ring (bicyclic) bond motifs is 1. The maximum Gasteiger partial charge on any atom is -0.0380 e. The van der Waals surface area contributed by atoms with Gasteiger partial charge in [-0.2, -0.15) is 0 Å². The predicted octanol–water partition coefficient (Wildman–Crippen LogP) is 3.47. The molecule has 0 N–H and O–H groups in total. The monoisotopic (exact) mass is 152 g/mol. The Morgan fingerprint density at radius 2 is 1.91 bits per heavy atom. The van der Waals surface area contributed by atoms with Gasteiger partial charge in [-0.15, -0.1) is 0 Å². The molecule has 0 bridgehead atoms. The Balaban J connectivity index is 1.76. The van der Waals surface area contributed by atoms with E-state index in [1.807, 2.05) is 0 Å². The Labute approximate surface area is 70.4 Å². The summed E-state index contributed by atoms with van der Waals surface area (Å²) in [6.07, 6.45) is 7.74. The molecule has 2 aliphatic rings. The highest BCUT2D eigenvalue weighted by atomic mass is 14.5. The fraction of sp³-hybridized carbons (Fsp3) is 1.00. The molecule has 11 heavy (non-hydrogen) atoms. The Bertz CT molecular complexity index is 135. The molecule has 0 saturated heterocycles. The highest BCUT2D eigenvalue weighted by Crippen LogP contribution is 2.52. The van der Waals surface area contributed by atoms with Gasteiger partial charge in [-0.1, -0.05) is 20.3 Å². The average Bonchev–Trinajstić information content (AvgIpc) is 2.63. The lowest BCUT2D eigenvalue weighted by Gasteiger charge is -2.22. The molecule has 0 aromatic rings. The fourth-order valence-electron chi connectivity index (χ4n) is 2.83. The molecule has 0 radical (unpaired) electrons. The van der Waals surface area contributed by atoms with Crippen molar-refractivity contribution in [3.05, 3.63) is 0 Å². The molecule has 3 atom stereocenters. The molecule has 0 nitrogen and oxygen atoms in total. The summed E-state index contributed by atoms with van der Waals surface area (Å²) >= 11 is 0. The van der Waals surface area contributed by atoms with Crippen LogP contribution in [0, 0.1) is 23.7 Å². The molecule has 0 heterocycles. The summed E-state index contributed by atoms with van der Waals surface area (Å²) in [5, 5.41) is 0. The summed E-state index contributed by atoms with van der Waals surface area (Å²) in [6.45, 7) is 4.72. The van der Waals surface area contributed by atoms with Gasteiger partial charge in [0.1, 0.15) is 0 Å². The quantitative estimate of drug-likeness (QED) is 0.568. The van der Waals surface area contributed by atoms with Crippen molar-refractivity contribution in [2.45, 2.75) is 46.0 Å². The predicted molar refractivity (Wildman–Crippen MR) is 48.4 cm³/mol. The summed E-state index contributed by atoms with van der Waals surface area (Å²) in [4.78, 5) is 0. The van der Waals surface area contributed by atoms with Crippen LogP contribution in [0.5, 0.6) is 0 Å². The molecule has 2 rings (SSSR count). The lowest BCUT2D eigenvalue weighted by Crippen LogP contribution is -2.10. The third kappa shape index (κ3) is 1.77. The van der Waals surface area contributed by atoms with Crippen LogP contribution >= 0.6 is 0 Å². The minimum atomic E-state index is 0.926. The first-order chi connectivity index (χ1) is 5.25. The molecule has 2 aliphatic carbocycles. The second-order valence-corrected chi connectivity index (χ2v) is 5.06. The van der Waals surface area contributed by atoms with Crippen molar-refractivity contribution >= 4 is 0 Å². The van der Waals surface area contributed by atoms with Crippen molar-refractivity contribution in [3.8, 4) is 0 Å². The summed E-state index contributed by atoms with van der Waals surface area (Å²) < 4.78 is 0. The molecule has 0 aliphatic heterocycles. The number of rotatable bonds is 2. The van der Waals surface area contributed by atoms with E-state index in [1.165, 1.54) is 18.3 Å². The third-order valence-corrected chi connectivity index (χ3v) is 3.46. The van der Waals surface area contributed by atoms with E-state index < -0.39 is 0 Å². The van der Waals surface area contributed by atoms with Crippen LogP contribution in [0.2, 0.25) is 0 Å². The minimum absolute atomic E-state index is 0.926. The van der Waals surface area contributed by atoms with Gasteiger partial charge in [0, 0.05) is 0 Å². The largest absolute Gasteiger partial charge is 0.0628 e. The number of hydrogen-bond acceptors (Lipinski definition) is 0. The second-order valence-electron chi connectivity index (χ2n) is 5.06. The maximum atomic E-state index is 2.36. The first-order valence-electron chi connectivity index (χ1n) is 5.25. The van der Waals surface area contributed by atoms with Crippen LogP contribution in [-0.2, 0) is 0 Å². The van der Waals surface area contributed by atoms with Crippen molar-refractivity contribution in [2.75, 3.05) is 0 Å². The van der Waals surface area contributed by atoms with Crippen LogP contribution in [0.1, 0.15) is 46.0 Å². The molecule has 64 valence electrons. The number of hydrogen-bond donors (Lipinski definition) is 0. The zero-order chi connectivity index (χ0) is 7.84. The highest BCUT2D eigenvalue weighted by Gasteiger charge is 2.41. The summed E-state index contributed by atoms with van der Waals surface area (Å²) in [7, 11) is 0. The normalized spacial score (nSPS) is 42.3. The fourth-order valence-corrected chi connectivity index (χ4v) is 2.83. The van der Waals surface area contributed by atoms with Crippen molar-refractivity contribution < 1.29 is 0 Å². The highest BCUT2D eigenvalue weighted by molar-refractivity contribution is 4.92.